The lowest BCUT2D eigenvalue weighted by molar-refractivity contribution is -0.151. The monoisotopic (exact) mass is 395 g/mol. The molecular formula is C25H49NO2. The summed E-state index contributed by atoms with van der Waals surface area (Å²) in [4.78, 5) is 12.2. The first-order valence-electron chi connectivity index (χ1n) is 11.0. The van der Waals surface area contributed by atoms with Crippen molar-refractivity contribution >= 4 is 5.97 Å². The van der Waals surface area contributed by atoms with Gasteiger partial charge in [-0.1, -0.05) is 65.4 Å². The van der Waals surface area contributed by atoms with E-state index in [1.807, 2.05) is 53.5 Å². The van der Waals surface area contributed by atoms with Crippen molar-refractivity contribution in [2.45, 2.75) is 114 Å². The number of hydrogen-bond acceptors (Lipinski definition) is 3. The van der Waals surface area contributed by atoms with E-state index in [-0.39, 0.29) is 11.6 Å². The van der Waals surface area contributed by atoms with Crippen molar-refractivity contribution in [1.82, 2.24) is 4.90 Å². The first-order valence-corrected chi connectivity index (χ1v) is 11.0. The number of carbonyl (C=O) groups is 1. The molecule has 0 heterocycles. The SMILES string of the molecule is CC.CC#CN(C)/C=C(\C)C(CCCC)CC(C)CC.CC(=O)OC(C)(C)C. The Balaban J connectivity index is -0.000000522. The standard InChI is InChI=1S/C17H31N.C6H12O2.C2H6/c1-7-10-11-17(13-15(4)9-3)16(5)14-18(6)12-8-2;1-5(7)8-6(2,3)4;1-2/h14-15,17H,7,9-11,13H2,1-6H3;1-4H3;1-2H3/b16-14+;;. The van der Waals surface area contributed by atoms with Crippen LogP contribution in [0, 0.1) is 23.8 Å². The molecule has 166 valence electrons. The van der Waals surface area contributed by atoms with Crippen LogP contribution in [0.15, 0.2) is 11.8 Å². The van der Waals surface area contributed by atoms with Gasteiger partial charge in [0.2, 0.25) is 0 Å². The van der Waals surface area contributed by atoms with Crippen LogP contribution in [0.1, 0.15) is 108 Å². The predicted octanol–water partition coefficient (Wildman–Crippen LogP) is 7.42. The van der Waals surface area contributed by atoms with Crippen LogP contribution in [0.25, 0.3) is 0 Å². The molecule has 0 aliphatic carbocycles. The summed E-state index contributed by atoms with van der Waals surface area (Å²) in [7, 11) is 2.03. The first-order chi connectivity index (χ1) is 13.0. The lowest BCUT2D eigenvalue weighted by Gasteiger charge is -2.22. The Hall–Kier alpha value is -1.43. The summed E-state index contributed by atoms with van der Waals surface area (Å²) < 4.78 is 4.80. The van der Waals surface area contributed by atoms with E-state index in [2.05, 4.69) is 45.9 Å². The Morgan fingerprint density at radius 3 is 2.04 bits per heavy atom. The van der Waals surface area contributed by atoms with E-state index in [1.165, 1.54) is 44.6 Å². The van der Waals surface area contributed by atoms with Crippen LogP contribution in [0.2, 0.25) is 0 Å². The van der Waals surface area contributed by atoms with Gasteiger partial charge in [0.25, 0.3) is 0 Å². The molecule has 2 atom stereocenters. The van der Waals surface area contributed by atoms with Crippen molar-refractivity contribution < 1.29 is 9.53 Å². The van der Waals surface area contributed by atoms with Gasteiger partial charge in [0, 0.05) is 26.2 Å². The highest BCUT2D eigenvalue weighted by Crippen LogP contribution is 2.27. The normalized spacial score (nSPS) is 12.8. The molecule has 0 aromatic carbocycles. The number of esters is 1. The van der Waals surface area contributed by atoms with E-state index >= 15 is 0 Å². The van der Waals surface area contributed by atoms with Crippen LogP contribution in [0.5, 0.6) is 0 Å². The molecule has 0 aliphatic heterocycles. The minimum absolute atomic E-state index is 0.225. The molecule has 0 saturated heterocycles. The first kappa shape index (κ1) is 31.3. The molecule has 3 heteroatoms. The zero-order valence-corrected chi connectivity index (χ0v) is 21.0. The van der Waals surface area contributed by atoms with Gasteiger partial charge in [0.05, 0.1) is 0 Å². The van der Waals surface area contributed by atoms with Crippen molar-refractivity contribution in [3.05, 3.63) is 11.8 Å². The Morgan fingerprint density at radius 2 is 1.71 bits per heavy atom. The average Bonchev–Trinajstić information content (AvgIpc) is 2.58. The fraction of sp³-hybridized carbons (Fsp3) is 0.800. The van der Waals surface area contributed by atoms with E-state index in [0.29, 0.717) is 0 Å². The smallest absolute Gasteiger partial charge is 0.303 e. The number of allylic oxidation sites excluding steroid dienone is 1. The molecule has 0 bridgehead atoms. The largest absolute Gasteiger partial charge is 0.460 e. The van der Waals surface area contributed by atoms with Gasteiger partial charge in [0.15, 0.2) is 0 Å². The van der Waals surface area contributed by atoms with E-state index in [0.717, 1.165) is 11.8 Å². The van der Waals surface area contributed by atoms with Gasteiger partial charge in [-0.2, -0.15) is 0 Å². The van der Waals surface area contributed by atoms with Crippen molar-refractivity contribution in [3.8, 4) is 12.0 Å². The molecule has 0 aromatic rings. The lowest BCUT2D eigenvalue weighted by atomic mass is 9.85. The molecule has 0 aromatic heterocycles. The number of carbonyl (C=O) groups excluding carboxylic acids is 1. The second-order valence-corrected chi connectivity index (χ2v) is 8.14. The fourth-order valence-corrected chi connectivity index (χ4v) is 2.68. The quantitative estimate of drug-likeness (QED) is 0.243. The summed E-state index contributed by atoms with van der Waals surface area (Å²) in [6.07, 6.45) is 8.73. The molecule has 3 nitrogen and oxygen atoms in total. The van der Waals surface area contributed by atoms with Crippen LogP contribution in [-0.2, 0) is 9.53 Å². The van der Waals surface area contributed by atoms with Crippen molar-refractivity contribution in [1.29, 1.82) is 0 Å². The highest BCUT2D eigenvalue weighted by Gasteiger charge is 2.14. The third-order valence-corrected chi connectivity index (χ3v) is 4.07. The lowest BCUT2D eigenvalue weighted by Crippen LogP contribution is -2.21. The third kappa shape index (κ3) is 22.6. The summed E-state index contributed by atoms with van der Waals surface area (Å²) >= 11 is 0. The van der Waals surface area contributed by atoms with Crippen molar-refractivity contribution in [2.75, 3.05) is 7.05 Å². The van der Waals surface area contributed by atoms with Gasteiger partial charge in [0.1, 0.15) is 5.60 Å². The molecule has 0 aliphatic rings. The predicted molar refractivity (Wildman–Crippen MR) is 125 cm³/mol. The van der Waals surface area contributed by atoms with Crippen LogP contribution in [0.3, 0.4) is 0 Å². The Bertz CT molecular complexity index is 463. The number of rotatable bonds is 8. The van der Waals surface area contributed by atoms with Gasteiger partial charge in [-0.15, -0.1) is 0 Å². The van der Waals surface area contributed by atoms with Gasteiger partial charge in [-0.3, -0.25) is 4.79 Å². The second-order valence-electron chi connectivity index (χ2n) is 8.14. The summed E-state index contributed by atoms with van der Waals surface area (Å²) in [6, 6.07) is 3.06. The minimum Gasteiger partial charge on any atom is -0.460 e. The topological polar surface area (TPSA) is 29.5 Å². The summed E-state index contributed by atoms with van der Waals surface area (Å²) in [5, 5.41) is 0. The Kier molecular flexibility index (Phi) is 21.1. The van der Waals surface area contributed by atoms with E-state index in [9.17, 15) is 4.79 Å². The van der Waals surface area contributed by atoms with Crippen molar-refractivity contribution in [2.24, 2.45) is 11.8 Å². The van der Waals surface area contributed by atoms with Crippen LogP contribution < -0.4 is 0 Å². The van der Waals surface area contributed by atoms with Crippen LogP contribution in [0.4, 0.5) is 0 Å². The summed E-state index contributed by atoms with van der Waals surface area (Å²) in [5.41, 5.74) is 1.15. The fourth-order valence-electron chi connectivity index (χ4n) is 2.68. The highest BCUT2D eigenvalue weighted by atomic mass is 16.6. The van der Waals surface area contributed by atoms with E-state index in [1.54, 1.807) is 0 Å². The third-order valence-electron chi connectivity index (χ3n) is 4.07. The number of ether oxygens (including phenoxy) is 1. The molecule has 0 radical (unpaired) electrons. The van der Waals surface area contributed by atoms with Gasteiger partial charge < -0.3 is 9.64 Å². The maximum Gasteiger partial charge on any atom is 0.303 e. The van der Waals surface area contributed by atoms with E-state index in [4.69, 9.17) is 4.74 Å². The highest BCUT2D eigenvalue weighted by molar-refractivity contribution is 5.66. The van der Waals surface area contributed by atoms with Gasteiger partial charge in [-0.25, -0.2) is 0 Å². The second kappa shape index (κ2) is 18.9. The molecule has 0 saturated carbocycles. The molecule has 0 fully saturated rings. The molecule has 0 N–H and O–H groups in total. The maximum atomic E-state index is 10.2. The van der Waals surface area contributed by atoms with Gasteiger partial charge >= 0.3 is 5.97 Å². The Labute approximate surface area is 177 Å². The summed E-state index contributed by atoms with van der Waals surface area (Å²) in [5.74, 6) is 4.25. The van der Waals surface area contributed by atoms with Gasteiger partial charge in [-0.05, 0) is 59.3 Å². The number of unbranched alkanes of at least 4 members (excludes halogenated alkanes) is 1. The molecule has 2 unspecified atom stereocenters. The zero-order chi connectivity index (χ0) is 22.8. The van der Waals surface area contributed by atoms with E-state index < -0.39 is 0 Å². The number of nitrogens with zero attached hydrogens (tertiary/aromatic N) is 1. The molecule has 28 heavy (non-hydrogen) atoms. The Morgan fingerprint density at radius 1 is 1.18 bits per heavy atom. The zero-order valence-electron chi connectivity index (χ0n) is 21.0. The van der Waals surface area contributed by atoms with Crippen LogP contribution in [-0.4, -0.2) is 23.5 Å². The molecule has 0 spiro atoms. The summed E-state index contributed by atoms with van der Waals surface area (Å²) in [6.45, 7) is 22.0. The minimum atomic E-state index is -0.328. The van der Waals surface area contributed by atoms with Crippen LogP contribution >= 0.6 is 0 Å². The van der Waals surface area contributed by atoms with Crippen molar-refractivity contribution in [3.63, 3.8) is 0 Å². The molecular weight excluding hydrogens is 346 g/mol. The average molecular weight is 396 g/mol. The molecule has 0 amide bonds. The number of hydrogen-bond donors (Lipinski definition) is 0. The maximum absolute atomic E-state index is 10.2. The molecule has 0 rings (SSSR count).